The first-order valence-corrected chi connectivity index (χ1v) is 7.32. The maximum absolute atomic E-state index is 12.2. The van der Waals surface area contributed by atoms with Crippen LogP contribution in [0.25, 0.3) is 0 Å². The molecule has 1 unspecified atom stereocenters. The summed E-state index contributed by atoms with van der Waals surface area (Å²) in [5, 5.41) is 6.21. The standard InChI is InChI=1S/C12H16N4O2S/c1-9(10-5-3-2-4-6-10)16-19(17,18)12-11(7-13)8-14-15-12/h2-6,8-9,16H,7,13H2,1H3,(H,14,15). The van der Waals surface area contributed by atoms with Crippen LogP contribution in [0.2, 0.25) is 0 Å². The third-order valence-electron chi connectivity index (χ3n) is 2.80. The van der Waals surface area contributed by atoms with Gasteiger partial charge in [0.15, 0.2) is 5.03 Å². The molecule has 0 aliphatic carbocycles. The summed E-state index contributed by atoms with van der Waals surface area (Å²) in [6.45, 7) is 1.90. The number of hydrogen-bond acceptors (Lipinski definition) is 4. The van der Waals surface area contributed by atoms with Crippen molar-refractivity contribution in [3.8, 4) is 0 Å². The topological polar surface area (TPSA) is 101 Å². The summed E-state index contributed by atoms with van der Waals surface area (Å²) in [4.78, 5) is 0. The fourth-order valence-electron chi connectivity index (χ4n) is 1.78. The Balaban J connectivity index is 2.23. The van der Waals surface area contributed by atoms with Crippen LogP contribution < -0.4 is 10.5 Å². The van der Waals surface area contributed by atoms with E-state index < -0.39 is 10.0 Å². The highest BCUT2D eigenvalue weighted by Gasteiger charge is 2.22. The minimum atomic E-state index is -3.66. The van der Waals surface area contributed by atoms with Crippen molar-refractivity contribution in [2.24, 2.45) is 5.73 Å². The molecule has 7 heteroatoms. The van der Waals surface area contributed by atoms with Gasteiger partial charge in [0.2, 0.25) is 0 Å². The van der Waals surface area contributed by atoms with E-state index in [0.717, 1.165) is 5.56 Å². The van der Waals surface area contributed by atoms with E-state index in [-0.39, 0.29) is 17.6 Å². The number of aromatic nitrogens is 2. The Hall–Kier alpha value is -1.70. The van der Waals surface area contributed by atoms with E-state index in [1.54, 1.807) is 6.92 Å². The van der Waals surface area contributed by atoms with Crippen LogP contribution in [0.3, 0.4) is 0 Å². The smallest absolute Gasteiger partial charge is 0.258 e. The van der Waals surface area contributed by atoms with Crippen molar-refractivity contribution >= 4 is 10.0 Å². The van der Waals surface area contributed by atoms with E-state index in [2.05, 4.69) is 14.9 Å². The van der Waals surface area contributed by atoms with E-state index in [1.165, 1.54) is 6.20 Å². The number of nitrogens with one attached hydrogen (secondary N) is 2. The van der Waals surface area contributed by atoms with Crippen molar-refractivity contribution < 1.29 is 8.42 Å². The zero-order chi connectivity index (χ0) is 13.9. The molecular weight excluding hydrogens is 264 g/mol. The molecule has 2 rings (SSSR count). The lowest BCUT2D eigenvalue weighted by Gasteiger charge is -2.14. The van der Waals surface area contributed by atoms with Crippen LogP contribution in [0, 0.1) is 0 Å². The van der Waals surface area contributed by atoms with Gasteiger partial charge in [0, 0.05) is 18.2 Å². The fraction of sp³-hybridized carbons (Fsp3) is 0.250. The molecule has 0 fully saturated rings. The van der Waals surface area contributed by atoms with E-state index in [4.69, 9.17) is 5.73 Å². The van der Waals surface area contributed by atoms with Gasteiger partial charge in [-0.3, -0.25) is 5.10 Å². The number of aromatic amines is 1. The van der Waals surface area contributed by atoms with Crippen LogP contribution in [0.1, 0.15) is 24.1 Å². The van der Waals surface area contributed by atoms with Crippen LogP contribution >= 0.6 is 0 Å². The summed E-state index contributed by atoms with van der Waals surface area (Å²) in [6, 6.07) is 9.00. The molecule has 19 heavy (non-hydrogen) atoms. The lowest BCUT2D eigenvalue weighted by molar-refractivity contribution is 0.561. The van der Waals surface area contributed by atoms with Gasteiger partial charge < -0.3 is 5.73 Å². The first-order chi connectivity index (χ1) is 9.04. The van der Waals surface area contributed by atoms with Crippen molar-refractivity contribution in [2.45, 2.75) is 24.5 Å². The van der Waals surface area contributed by atoms with E-state index in [9.17, 15) is 8.42 Å². The van der Waals surface area contributed by atoms with Gasteiger partial charge in [-0.2, -0.15) is 5.10 Å². The van der Waals surface area contributed by atoms with Crippen molar-refractivity contribution in [3.05, 3.63) is 47.7 Å². The minimum Gasteiger partial charge on any atom is -0.326 e. The van der Waals surface area contributed by atoms with Crippen molar-refractivity contribution in [2.75, 3.05) is 0 Å². The zero-order valence-corrected chi connectivity index (χ0v) is 11.3. The molecule has 2 aromatic rings. The van der Waals surface area contributed by atoms with Gasteiger partial charge in [-0.05, 0) is 12.5 Å². The molecule has 0 saturated carbocycles. The average molecular weight is 280 g/mol. The van der Waals surface area contributed by atoms with Crippen LogP contribution in [0.5, 0.6) is 0 Å². The summed E-state index contributed by atoms with van der Waals surface area (Å²) in [7, 11) is -3.66. The number of nitrogens with zero attached hydrogens (tertiary/aromatic N) is 1. The van der Waals surface area contributed by atoms with Gasteiger partial charge >= 0.3 is 0 Å². The molecule has 1 atom stereocenters. The average Bonchev–Trinajstić information content (AvgIpc) is 2.88. The number of sulfonamides is 1. The van der Waals surface area contributed by atoms with E-state index >= 15 is 0 Å². The number of hydrogen-bond donors (Lipinski definition) is 3. The Morgan fingerprint density at radius 1 is 1.37 bits per heavy atom. The molecule has 0 aliphatic rings. The predicted octanol–water partition coefficient (Wildman–Crippen LogP) is 0.908. The lowest BCUT2D eigenvalue weighted by atomic mass is 10.1. The Kier molecular flexibility index (Phi) is 3.98. The molecule has 102 valence electrons. The fourth-order valence-corrected chi connectivity index (χ4v) is 3.15. The molecule has 4 N–H and O–H groups in total. The number of nitrogens with two attached hydrogens (primary N) is 1. The third kappa shape index (κ3) is 3.01. The summed E-state index contributed by atoms with van der Waals surface area (Å²) in [6.07, 6.45) is 1.42. The Labute approximate surface area is 112 Å². The number of H-pyrrole nitrogens is 1. The van der Waals surface area contributed by atoms with Gasteiger partial charge in [0.25, 0.3) is 10.0 Å². The summed E-state index contributed by atoms with van der Waals surface area (Å²) in [5.74, 6) is 0. The Morgan fingerprint density at radius 2 is 2.05 bits per heavy atom. The first kappa shape index (κ1) is 13.7. The molecule has 1 heterocycles. The van der Waals surface area contributed by atoms with Gasteiger partial charge in [0.1, 0.15) is 0 Å². The lowest BCUT2D eigenvalue weighted by Crippen LogP contribution is -2.28. The minimum absolute atomic E-state index is 0.0257. The molecule has 0 aliphatic heterocycles. The molecule has 1 aromatic carbocycles. The van der Waals surface area contributed by atoms with Crippen LogP contribution in [-0.2, 0) is 16.6 Å². The SMILES string of the molecule is CC(NS(=O)(=O)c1[nH]ncc1CN)c1ccccc1. The second-order valence-electron chi connectivity index (χ2n) is 4.18. The second kappa shape index (κ2) is 5.52. The normalized spacial score (nSPS) is 13.4. The van der Waals surface area contributed by atoms with Crippen LogP contribution in [-0.4, -0.2) is 18.6 Å². The van der Waals surface area contributed by atoms with Gasteiger partial charge in [-0.1, -0.05) is 30.3 Å². The highest BCUT2D eigenvalue weighted by molar-refractivity contribution is 7.89. The summed E-state index contributed by atoms with van der Waals surface area (Å²) in [5.41, 5.74) is 6.84. The highest BCUT2D eigenvalue weighted by atomic mass is 32.2. The van der Waals surface area contributed by atoms with Gasteiger partial charge in [-0.15, -0.1) is 0 Å². The van der Waals surface area contributed by atoms with E-state index in [1.807, 2.05) is 30.3 Å². The highest BCUT2D eigenvalue weighted by Crippen LogP contribution is 2.17. The molecule has 0 saturated heterocycles. The number of rotatable bonds is 5. The Bertz CT molecular complexity index is 637. The largest absolute Gasteiger partial charge is 0.326 e. The maximum Gasteiger partial charge on any atom is 0.258 e. The number of benzene rings is 1. The monoisotopic (exact) mass is 280 g/mol. The van der Waals surface area contributed by atoms with Crippen molar-refractivity contribution in [1.82, 2.24) is 14.9 Å². The van der Waals surface area contributed by atoms with Crippen LogP contribution in [0.4, 0.5) is 0 Å². The molecular formula is C12H16N4O2S. The van der Waals surface area contributed by atoms with Gasteiger partial charge in [0.05, 0.1) is 6.20 Å². The summed E-state index contributed by atoms with van der Waals surface area (Å²) < 4.78 is 27.0. The van der Waals surface area contributed by atoms with Crippen LogP contribution in [0.15, 0.2) is 41.6 Å². The molecule has 0 spiro atoms. The van der Waals surface area contributed by atoms with E-state index in [0.29, 0.717) is 5.56 Å². The van der Waals surface area contributed by atoms with Crippen molar-refractivity contribution in [3.63, 3.8) is 0 Å². The molecule has 0 amide bonds. The predicted molar refractivity (Wildman–Crippen MR) is 71.7 cm³/mol. The second-order valence-corrected chi connectivity index (χ2v) is 5.83. The van der Waals surface area contributed by atoms with Gasteiger partial charge in [-0.25, -0.2) is 13.1 Å². The molecule has 0 bridgehead atoms. The Morgan fingerprint density at radius 3 is 2.68 bits per heavy atom. The molecule has 1 aromatic heterocycles. The third-order valence-corrected chi connectivity index (χ3v) is 4.35. The summed E-state index contributed by atoms with van der Waals surface area (Å²) >= 11 is 0. The zero-order valence-electron chi connectivity index (χ0n) is 10.5. The first-order valence-electron chi connectivity index (χ1n) is 5.84. The maximum atomic E-state index is 12.2. The quantitative estimate of drug-likeness (QED) is 0.757. The molecule has 6 nitrogen and oxygen atoms in total. The molecule has 0 radical (unpaired) electrons. The van der Waals surface area contributed by atoms with Crippen molar-refractivity contribution in [1.29, 1.82) is 0 Å².